The number of hydrogen-bond donors (Lipinski definition) is 1. The fourth-order valence-electron chi connectivity index (χ4n) is 1.06. The molecule has 1 rings (SSSR count). The molecule has 0 aliphatic rings. The van der Waals surface area contributed by atoms with E-state index in [9.17, 15) is 13.2 Å². The van der Waals surface area contributed by atoms with Crippen molar-refractivity contribution in [2.24, 2.45) is 0 Å². The van der Waals surface area contributed by atoms with Crippen molar-refractivity contribution in [2.45, 2.75) is 6.42 Å². The zero-order valence-corrected chi connectivity index (χ0v) is 9.66. The van der Waals surface area contributed by atoms with E-state index in [4.69, 9.17) is 0 Å². The second-order valence-corrected chi connectivity index (χ2v) is 4.95. The van der Waals surface area contributed by atoms with E-state index in [-0.39, 0.29) is 12.2 Å². The predicted octanol–water partition coefficient (Wildman–Crippen LogP) is 0.991. The topological polar surface area (TPSA) is 72.5 Å². The van der Waals surface area contributed by atoms with Gasteiger partial charge in [0, 0.05) is 5.69 Å². The molecule has 0 aliphatic carbocycles. The van der Waals surface area contributed by atoms with Gasteiger partial charge in [0.1, 0.15) is 0 Å². The third kappa shape index (κ3) is 4.31. The van der Waals surface area contributed by atoms with E-state index >= 15 is 0 Å². The molecule has 0 bridgehead atoms. The Labute approximate surface area is 94.5 Å². The molecule has 6 heteroatoms. The van der Waals surface area contributed by atoms with Gasteiger partial charge in [-0.25, -0.2) is 8.42 Å². The van der Waals surface area contributed by atoms with Crippen molar-refractivity contribution in [1.82, 2.24) is 0 Å². The maximum Gasteiger partial charge on any atom is 0.306 e. The molecule has 0 unspecified atom stereocenters. The van der Waals surface area contributed by atoms with Crippen molar-refractivity contribution >= 4 is 21.7 Å². The summed E-state index contributed by atoms with van der Waals surface area (Å²) >= 11 is 0. The van der Waals surface area contributed by atoms with Crippen LogP contribution in [0.5, 0.6) is 0 Å². The second-order valence-electron chi connectivity index (χ2n) is 3.11. The predicted molar refractivity (Wildman–Crippen MR) is 60.5 cm³/mol. The minimum Gasteiger partial charge on any atom is -0.469 e. The Morgan fingerprint density at radius 3 is 2.50 bits per heavy atom. The van der Waals surface area contributed by atoms with Gasteiger partial charge in [0.2, 0.25) is 10.0 Å². The lowest BCUT2D eigenvalue weighted by molar-refractivity contribution is -0.140. The molecule has 0 aromatic heterocycles. The van der Waals surface area contributed by atoms with Crippen LogP contribution >= 0.6 is 0 Å². The highest BCUT2D eigenvalue weighted by Gasteiger charge is 2.13. The molecule has 0 spiro atoms. The number of para-hydroxylation sites is 1. The quantitative estimate of drug-likeness (QED) is 0.783. The van der Waals surface area contributed by atoms with Gasteiger partial charge in [-0.05, 0) is 12.1 Å². The number of esters is 1. The van der Waals surface area contributed by atoms with Crippen molar-refractivity contribution in [3.8, 4) is 0 Å². The third-order valence-electron chi connectivity index (χ3n) is 1.85. The molecule has 0 heterocycles. The zero-order chi connectivity index (χ0) is 12.0. The van der Waals surface area contributed by atoms with Gasteiger partial charge in [-0.2, -0.15) is 0 Å². The number of hydrogen-bond acceptors (Lipinski definition) is 4. The minimum absolute atomic E-state index is 0.154. The fourth-order valence-corrected chi connectivity index (χ4v) is 2.09. The second kappa shape index (κ2) is 5.50. The van der Waals surface area contributed by atoms with Crippen LogP contribution in [0.3, 0.4) is 0 Å². The monoisotopic (exact) mass is 243 g/mol. The normalized spacial score (nSPS) is 10.8. The zero-order valence-electron chi connectivity index (χ0n) is 8.84. The maximum atomic E-state index is 11.5. The Morgan fingerprint density at radius 2 is 1.94 bits per heavy atom. The smallest absolute Gasteiger partial charge is 0.306 e. The standard InChI is InChI=1S/C10H13NO4S/c1-15-10(12)7-8-16(13,14)11-9-5-3-2-4-6-9/h2-6,11H,7-8H2,1H3. The molecular weight excluding hydrogens is 230 g/mol. The van der Waals surface area contributed by atoms with Gasteiger partial charge in [-0.3, -0.25) is 9.52 Å². The van der Waals surface area contributed by atoms with Crippen LogP contribution in [0.15, 0.2) is 30.3 Å². The van der Waals surface area contributed by atoms with Crippen LogP contribution in [0, 0.1) is 0 Å². The summed E-state index contributed by atoms with van der Waals surface area (Å²) in [4.78, 5) is 10.8. The van der Waals surface area contributed by atoms with Crippen molar-refractivity contribution < 1.29 is 17.9 Å². The summed E-state index contributed by atoms with van der Waals surface area (Å²) < 4.78 is 29.7. The van der Waals surface area contributed by atoms with Crippen LogP contribution in [0.2, 0.25) is 0 Å². The number of carbonyl (C=O) groups excluding carboxylic acids is 1. The number of anilines is 1. The van der Waals surface area contributed by atoms with Gasteiger partial charge in [-0.1, -0.05) is 18.2 Å². The first-order valence-corrected chi connectivity index (χ1v) is 6.31. The van der Waals surface area contributed by atoms with Crippen molar-refractivity contribution in [2.75, 3.05) is 17.6 Å². The van der Waals surface area contributed by atoms with Crippen molar-refractivity contribution in [3.63, 3.8) is 0 Å². The van der Waals surface area contributed by atoms with E-state index in [0.717, 1.165) is 0 Å². The van der Waals surface area contributed by atoms with E-state index in [1.54, 1.807) is 30.3 Å². The molecule has 1 N–H and O–H groups in total. The van der Waals surface area contributed by atoms with Crippen LogP contribution < -0.4 is 4.72 Å². The van der Waals surface area contributed by atoms with Gasteiger partial charge in [-0.15, -0.1) is 0 Å². The van der Waals surface area contributed by atoms with Gasteiger partial charge in [0.05, 0.1) is 19.3 Å². The Hall–Kier alpha value is -1.56. The summed E-state index contributed by atoms with van der Waals surface area (Å²) in [6.07, 6.45) is -0.154. The molecule has 0 amide bonds. The van der Waals surface area contributed by atoms with Crippen LogP contribution in [-0.4, -0.2) is 27.2 Å². The van der Waals surface area contributed by atoms with Crippen LogP contribution in [-0.2, 0) is 19.6 Å². The summed E-state index contributed by atoms with van der Waals surface area (Å²) in [5.41, 5.74) is 0.479. The third-order valence-corrected chi connectivity index (χ3v) is 3.14. The molecule has 0 atom stereocenters. The van der Waals surface area contributed by atoms with Crippen LogP contribution in [0.4, 0.5) is 5.69 Å². The molecule has 0 radical (unpaired) electrons. The molecular formula is C10H13NO4S. The number of rotatable bonds is 5. The number of sulfonamides is 1. The van der Waals surface area contributed by atoms with Crippen LogP contribution in [0.1, 0.15) is 6.42 Å². The number of benzene rings is 1. The minimum atomic E-state index is -3.49. The molecule has 0 saturated carbocycles. The molecule has 88 valence electrons. The molecule has 5 nitrogen and oxygen atoms in total. The van der Waals surface area contributed by atoms with E-state index in [1.165, 1.54) is 7.11 Å². The SMILES string of the molecule is COC(=O)CCS(=O)(=O)Nc1ccccc1. The molecule has 1 aromatic carbocycles. The van der Waals surface area contributed by atoms with Crippen molar-refractivity contribution in [3.05, 3.63) is 30.3 Å². The van der Waals surface area contributed by atoms with Gasteiger partial charge < -0.3 is 4.74 Å². The van der Waals surface area contributed by atoms with E-state index < -0.39 is 16.0 Å². The first-order valence-electron chi connectivity index (χ1n) is 4.66. The highest BCUT2D eigenvalue weighted by atomic mass is 32.2. The molecule has 1 aromatic rings. The first-order chi connectivity index (χ1) is 7.53. The Kier molecular flexibility index (Phi) is 4.30. The van der Waals surface area contributed by atoms with E-state index in [0.29, 0.717) is 5.69 Å². The van der Waals surface area contributed by atoms with Gasteiger partial charge >= 0.3 is 5.97 Å². The summed E-state index contributed by atoms with van der Waals surface area (Å²) in [6, 6.07) is 8.49. The Bertz CT molecular complexity index is 441. The number of ether oxygens (including phenoxy) is 1. The number of methoxy groups -OCH3 is 1. The highest BCUT2D eigenvalue weighted by Crippen LogP contribution is 2.08. The molecule has 0 fully saturated rings. The number of carbonyl (C=O) groups is 1. The lowest BCUT2D eigenvalue weighted by atomic mass is 10.3. The van der Waals surface area contributed by atoms with Crippen molar-refractivity contribution in [1.29, 1.82) is 0 Å². The first kappa shape index (κ1) is 12.5. The van der Waals surface area contributed by atoms with Gasteiger partial charge in [0.15, 0.2) is 0 Å². The van der Waals surface area contributed by atoms with E-state index in [2.05, 4.69) is 9.46 Å². The number of nitrogens with one attached hydrogen (secondary N) is 1. The van der Waals surface area contributed by atoms with E-state index in [1.807, 2.05) is 0 Å². The summed E-state index contributed by atoms with van der Waals surface area (Å²) in [6.45, 7) is 0. The average molecular weight is 243 g/mol. The average Bonchev–Trinajstić information content (AvgIpc) is 2.27. The molecule has 0 saturated heterocycles. The van der Waals surface area contributed by atoms with Crippen LogP contribution in [0.25, 0.3) is 0 Å². The fraction of sp³-hybridized carbons (Fsp3) is 0.300. The summed E-state index contributed by atoms with van der Waals surface area (Å²) in [5, 5.41) is 0. The summed E-state index contributed by atoms with van der Waals surface area (Å²) in [7, 11) is -2.27. The molecule has 0 aliphatic heterocycles. The lowest BCUT2D eigenvalue weighted by Crippen LogP contribution is -2.19. The van der Waals surface area contributed by atoms with Gasteiger partial charge in [0.25, 0.3) is 0 Å². The summed E-state index contributed by atoms with van der Waals surface area (Å²) in [5.74, 6) is -0.826. The largest absolute Gasteiger partial charge is 0.469 e. The Morgan fingerprint density at radius 1 is 1.31 bits per heavy atom. The highest BCUT2D eigenvalue weighted by molar-refractivity contribution is 7.92. The lowest BCUT2D eigenvalue weighted by Gasteiger charge is -2.06. The maximum absolute atomic E-state index is 11.5. The molecule has 16 heavy (non-hydrogen) atoms. The Balaban J connectivity index is 2.56.